The first kappa shape index (κ1) is 19.4. The number of hydrogen-bond acceptors (Lipinski definition) is 5. The van der Waals surface area contributed by atoms with Crippen molar-refractivity contribution in [3.8, 4) is 0 Å². The number of rotatable bonds is 6. The van der Waals surface area contributed by atoms with Crippen LogP contribution in [0.5, 0.6) is 0 Å². The Bertz CT molecular complexity index is 962. The van der Waals surface area contributed by atoms with E-state index in [4.69, 9.17) is 0 Å². The second kappa shape index (κ2) is 8.59. The van der Waals surface area contributed by atoms with Crippen LogP contribution < -0.4 is 4.90 Å². The molecule has 0 aliphatic carbocycles. The number of nitrogens with zero attached hydrogens (tertiary/aromatic N) is 6. The molecule has 0 N–H and O–H groups in total. The van der Waals surface area contributed by atoms with Gasteiger partial charge in [0, 0.05) is 37.9 Å². The van der Waals surface area contributed by atoms with Crippen LogP contribution in [0, 0.1) is 0 Å². The predicted octanol–water partition coefficient (Wildman–Crippen LogP) is 2.92. The smallest absolute Gasteiger partial charge is 0.256 e. The molecule has 0 spiro atoms. The number of piperazine rings is 1. The van der Waals surface area contributed by atoms with Crippen LogP contribution in [-0.4, -0.2) is 56.6 Å². The summed E-state index contributed by atoms with van der Waals surface area (Å²) in [6.45, 7) is 7.23. The molecule has 1 saturated heterocycles. The van der Waals surface area contributed by atoms with Gasteiger partial charge in [-0.15, -0.1) is 10.2 Å². The Hall–Kier alpha value is -2.96. The van der Waals surface area contributed by atoms with Crippen molar-refractivity contribution in [1.29, 1.82) is 0 Å². The fraction of sp³-hybridized carbons (Fsp3) is 0.455. The zero-order chi connectivity index (χ0) is 20.2. The summed E-state index contributed by atoms with van der Waals surface area (Å²) in [5.41, 5.74) is 2.27. The van der Waals surface area contributed by atoms with E-state index in [2.05, 4.69) is 52.1 Å². The molecule has 7 nitrogen and oxygen atoms in total. The maximum atomic E-state index is 13.1. The summed E-state index contributed by atoms with van der Waals surface area (Å²) < 4.78 is 1.96. The number of aryl methyl sites for hydroxylation is 1. The third kappa shape index (κ3) is 3.95. The number of carbonyl (C=O) groups excluding carboxylic acids is 1. The van der Waals surface area contributed by atoms with Crippen molar-refractivity contribution >= 4 is 17.5 Å². The van der Waals surface area contributed by atoms with E-state index in [1.165, 1.54) is 5.69 Å². The Morgan fingerprint density at radius 3 is 2.55 bits per heavy atom. The molecule has 1 amide bonds. The fourth-order valence-electron chi connectivity index (χ4n) is 4.09. The van der Waals surface area contributed by atoms with E-state index in [9.17, 15) is 4.79 Å². The van der Waals surface area contributed by atoms with E-state index < -0.39 is 0 Å². The van der Waals surface area contributed by atoms with Crippen molar-refractivity contribution in [3.05, 3.63) is 54.0 Å². The Morgan fingerprint density at radius 1 is 1.10 bits per heavy atom. The molecule has 1 aliphatic heterocycles. The largest absolute Gasteiger partial charge is 0.353 e. The molecule has 1 fully saturated rings. The Kier molecular flexibility index (Phi) is 5.74. The highest BCUT2D eigenvalue weighted by Crippen LogP contribution is 2.24. The molecular formula is C22H28N6O. The summed E-state index contributed by atoms with van der Waals surface area (Å²) >= 11 is 0. The van der Waals surface area contributed by atoms with Crippen LogP contribution in [-0.2, 0) is 11.2 Å². The lowest BCUT2D eigenvalue weighted by molar-refractivity contribution is -0.133. The number of fused-ring (bicyclic) bond motifs is 1. The van der Waals surface area contributed by atoms with Gasteiger partial charge in [-0.05, 0) is 18.4 Å². The third-order valence-corrected chi connectivity index (χ3v) is 5.68. The van der Waals surface area contributed by atoms with Gasteiger partial charge in [0.1, 0.15) is 12.1 Å². The molecule has 152 valence electrons. The molecule has 0 radical (unpaired) electrons. The molecule has 7 heteroatoms. The summed E-state index contributed by atoms with van der Waals surface area (Å²) in [7, 11) is 0. The predicted molar refractivity (Wildman–Crippen MR) is 113 cm³/mol. The fourth-order valence-corrected chi connectivity index (χ4v) is 4.09. The first-order valence-corrected chi connectivity index (χ1v) is 10.5. The minimum atomic E-state index is -0.0654. The van der Waals surface area contributed by atoms with Crippen LogP contribution in [0.2, 0.25) is 0 Å². The van der Waals surface area contributed by atoms with E-state index in [1.54, 1.807) is 6.33 Å². The summed E-state index contributed by atoms with van der Waals surface area (Å²) in [6, 6.07) is 12.2. The van der Waals surface area contributed by atoms with Gasteiger partial charge in [0.05, 0.1) is 5.92 Å². The molecule has 3 heterocycles. The minimum absolute atomic E-state index is 0.0654. The highest BCUT2D eigenvalue weighted by Gasteiger charge is 2.28. The lowest BCUT2D eigenvalue weighted by atomic mass is 9.95. The van der Waals surface area contributed by atoms with Gasteiger partial charge in [0.15, 0.2) is 0 Å². The van der Waals surface area contributed by atoms with Gasteiger partial charge in [0.2, 0.25) is 5.91 Å². The topological polar surface area (TPSA) is 66.6 Å². The van der Waals surface area contributed by atoms with Crippen molar-refractivity contribution in [2.45, 2.75) is 39.0 Å². The van der Waals surface area contributed by atoms with Gasteiger partial charge in [-0.3, -0.25) is 9.20 Å². The second-order valence-corrected chi connectivity index (χ2v) is 7.54. The average molecular weight is 393 g/mol. The van der Waals surface area contributed by atoms with Crippen LogP contribution in [0.3, 0.4) is 0 Å². The first-order chi connectivity index (χ1) is 14.2. The Labute approximate surface area is 171 Å². The van der Waals surface area contributed by atoms with Gasteiger partial charge in [-0.1, -0.05) is 50.6 Å². The molecule has 2 aromatic heterocycles. The number of carbonyl (C=O) groups is 1. The minimum Gasteiger partial charge on any atom is -0.353 e. The van der Waals surface area contributed by atoms with Gasteiger partial charge < -0.3 is 9.80 Å². The van der Waals surface area contributed by atoms with Crippen molar-refractivity contribution in [3.63, 3.8) is 0 Å². The van der Waals surface area contributed by atoms with E-state index in [0.29, 0.717) is 18.9 Å². The molecule has 1 aliphatic rings. The normalized spacial score (nSPS) is 15.7. The molecular weight excluding hydrogens is 364 g/mol. The number of hydrogen-bond donors (Lipinski definition) is 0. The van der Waals surface area contributed by atoms with Crippen molar-refractivity contribution in [2.24, 2.45) is 0 Å². The quantitative estimate of drug-likeness (QED) is 0.645. The van der Waals surface area contributed by atoms with Crippen LogP contribution in [0.4, 0.5) is 5.82 Å². The van der Waals surface area contributed by atoms with Crippen LogP contribution in [0.25, 0.3) is 5.78 Å². The average Bonchev–Trinajstić information content (AvgIpc) is 3.24. The van der Waals surface area contributed by atoms with Crippen molar-refractivity contribution < 1.29 is 4.79 Å². The van der Waals surface area contributed by atoms with Crippen LogP contribution in [0.1, 0.15) is 43.9 Å². The molecule has 0 unspecified atom stereocenters. The van der Waals surface area contributed by atoms with Gasteiger partial charge in [-0.25, -0.2) is 0 Å². The molecule has 0 saturated carbocycles. The highest BCUT2D eigenvalue weighted by atomic mass is 16.2. The van der Waals surface area contributed by atoms with Crippen LogP contribution >= 0.6 is 0 Å². The molecule has 29 heavy (non-hydrogen) atoms. The summed E-state index contributed by atoms with van der Waals surface area (Å²) in [5.74, 6) is 1.73. The van der Waals surface area contributed by atoms with E-state index in [-0.39, 0.29) is 11.8 Å². The molecule has 1 atom stereocenters. The Balaban J connectivity index is 1.47. The van der Waals surface area contributed by atoms with Crippen molar-refractivity contribution in [2.75, 3.05) is 31.1 Å². The monoisotopic (exact) mass is 392 g/mol. The maximum absolute atomic E-state index is 13.1. The number of amides is 1. The second-order valence-electron chi connectivity index (χ2n) is 7.54. The molecule has 4 rings (SSSR count). The van der Waals surface area contributed by atoms with E-state index in [1.807, 2.05) is 27.5 Å². The Morgan fingerprint density at radius 2 is 1.86 bits per heavy atom. The molecule has 3 aromatic rings. The van der Waals surface area contributed by atoms with Gasteiger partial charge in [0.25, 0.3) is 5.78 Å². The summed E-state index contributed by atoms with van der Waals surface area (Å²) in [5, 5.41) is 8.14. The zero-order valence-corrected chi connectivity index (χ0v) is 17.2. The number of benzene rings is 1. The van der Waals surface area contributed by atoms with Crippen LogP contribution in [0.15, 0.2) is 42.7 Å². The summed E-state index contributed by atoms with van der Waals surface area (Å²) in [4.78, 5) is 22.1. The SMILES string of the molecule is CCCc1cc(N2CCN(C(=O)[C@@H](CC)c3ccccc3)CC2)nc2nncn12. The van der Waals surface area contributed by atoms with Crippen molar-refractivity contribution in [1.82, 2.24) is 24.5 Å². The first-order valence-electron chi connectivity index (χ1n) is 10.5. The lowest BCUT2D eigenvalue weighted by Gasteiger charge is -2.37. The molecule has 0 bridgehead atoms. The highest BCUT2D eigenvalue weighted by molar-refractivity contribution is 5.84. The summed E-state index contributed by atoms with van der Waals surface area (Å²) in [6.07, 6.45) is 4.55. The molecule has 1 aromatic carbocycles. The number of anilines is 1. The third-order valence-electron chi connectivity index (χ3n) is 5.68. The zero-order valence-electron chi connectivity index (χ0n) is 17.2. The van der Waals surface area contributed by atoms with E-state index in [0.717, 1.165) is 43.7 Å². The number of aromatic nitrogens is 4. The van der Waals surface area contributed by atoms with E-state index >= 15 is 0 Å². The van der Waals surface area contributed by atoms with Gasteiger partial charge >= 0.3 is 0 Å². The standard InChI is InChI=1S/C22H28N6O/c1-3-8-18-15-20(24-22-25-23-16-28(18)22)26-11-13-27(14-12-26)21(29)19(4-2)17-9-6-5-7-10-17/h5-7,9-10,15-16,19H,3-4,8,11-14H2,1-2H3/t19-/m0/s1. The van der Waals surface area contributed by atoms with Gasteiger partial charge in [-0.2, -0.15) is 4.98 Å². The lowest BCUT2D eigenvalue weighted by Crippen LogP contribution is -2.50. The maximum Gasteiger partial charge on any atom is 0.256 e.